The number of hydrogen-bond acceptors (Lipinski definition) is 6. The van der Waals surface area contributed by atoms with Crippen LogP contribution >= 0.6 is 11.6 Å². The van der Waals surface area contributed by atoms with Crippen molar-refractivity contribution >= 4 is 23.1 Å². The molecule has 2 N–H and O–H groups in total. The number of nitrogens with zero attached hydrogens (tertiary/aromatic N) is 3. The van der Waals surface area contributed by atoms with Crippen molar-refractivity contribution in [3.63, 3.8) is 0 Å². The van der Waals surface area contributed by atoms with E-state index >= 15 is 0 Å². The molecule has 9 heteroatoms. The number of halogens is 1. The van der Waals surface area contributed by atoms with Crippen LogP contribution in [0.5, 0.6) is 11.5 Å². The van der Waals surface area contributed by atoms with Crippen molar-refractivity contribution in [1.29, 1.82) is 0 Å². The fourth-order valence-electron chi connectivity index (χ4n) is 3.90. The van der Waals surface area contributed by atoms with Crippen molar-refractivity contribution in [1.82, 2.24) is 19.8 Å². The third kappa shape index (κ3) is 4.12. The summed E-state index contributed by atoms with van der Waals surface area (Å²) >= 11 is 6.29. The van der Waals surface area contributed by atoms with E-state index in [1.807, 2.05) is 42.5 Å². The highest BCUT2D eigenvalue weighted by molar-refractivity contribution is 6.31. The van der Waals surface area contributed by atoms with Gasteiger partial charge in [-0.2, -0.15) is 0 Å². The van der Waals surface area contributed by atoms with Crippen LogP contribution in [0.25, 0.3) is 0 Å². The zero-order valence-corrected chi connectivity index (χ0v) is 17.4. The standard InChI is InChI=1S/C22H20ClN5O3/c23-14-5-6-18-16(11-14)21(25-17-3-1-2-4-19(17)31-18)28-9-7-27(8-10-28)13-15-12-20(29)26-22(30)24-15/h1-6,11-12H,7-10,13H2,(H2,24,26,29,30). The zero-order valence-electron chi connectivity index (χ0n) is 16.6. The number of H-pyrrole nitrogens is 2. The van der Waals surface area contributed by atoms with Crippen molar-refractivity contribution in [2.45, 2.75) is 6.54 Å². The topological polar surface area (TPSA) is 93.8 Å². The first-order valence-electron chi connectivity index (χ1n) is 10.0. The van der Waals surface area contributed by atoms with Gasteiger partial charge in [0.2, 0.25) is 0 Å². The summed E-state index contributed by atoms with van der Waals surface area (Å²) in [7, 11) is 0. The van der Waals surface area contributed by atoms with Crippen molar-refractivity contribution in [3.05, 3.63) is 85.6 Å². The quantitative estimate of drug-likeness (QED) is 0.643. The molecule has 3 heterocycles. The third-order valence-electron chi connectivity index (χ3n) is 5.38. The molecule has 0 radical (unpaired) electrons. The Labute approximate surface area is 182 Å². The summed E-state index contributed by atoms with van der Waals surface area (Å²) in [6, 6.07) is 14.7. The van der Waals surface area contributed by atoms with E-state index in [2.05, 4.69) is 19.8 Å². The van der Waals surface area contributed by atoms with Crippen molar-refractivity contribution in [3.8, 4) is 11.5 Å². The van der Waals surface area contributed by atoms with Gasteiger partial charge >= 0.3 is 5.69 Å². The molecule has 0 bridgehead atoms. The SMILES string of the molecule is O=c1cc(CN2CCN(C3=Nc4ccccc4Oc4ccc(Cl)cc43)CC2)[nH]c(=O)[nH]1. The molecule has 0 aliphatic carbocycles. The van der Waals surface area contributed by atoms with Crippen LogP contribution in [0.1, 0.15) is 11.3 Å². The van der Waals surface area contributed by atoms with Crippen molar-refractivity contribution in [2.75, 3.05) is 26.2 Å². The predicted molar refractivity (Wildman–Crippen MR) is 119 cm³/mol. The van der Waals surface area contributed by atoms with Gasteiger partial charge in [-0.1, -0.05) is 23.7 Å². The van der Waals surface area contributed by atoms with Gasteiger partial charge in [-0.25, -0.2) is 9.79 Å². The van der Waals surface area contributed by atoms with Crippen molar-refractivity contribution in [2.24, 2.45) is 4.99 Å². The number of rotatable bonds is 2. The number of aromatic amines is 2. The van der Waals surface area contributed by atoms with Crippen LogP contribution in [-0.2, 0) is 6.54 Å². The molecule has 1 saturated heterocycles. The Morgan fingerprint density at radius 2 is 1.77 bits per heavy atom. The molecule has 0 unspecified atom stereocenters. The Kier molecular flexibility index (Phi) is 5.09. The highest BCUT2D eigenvalue weighted by Crippen LogP contribution is 2.38. The summed E-state index contributed by atoms with van der Waals surface area (Å²) in [6.45, 7) is 3.49. The fourth-order valence-corrected chi connectivity index (χ4v) is 4.07. The summed E-state index contributed by atoms with van der Waals surface area (Å²) in [6.07, 6.45) is 0. The lowest BCUT2D eigenvalue weighted by Crippen LogP contribution is -2.48. The lowest BCUT2D eigenvalue weighted by Gasteiger charge is -2.36. The second-order valence-electron chi connectivity index (χ2n) is 7.52. The molecule has 1 aromatic heterocycles. The smallest absolute Gasteiger partial charge is 0.325 e. The lowest BCUT2D eigenvalue weighted by molar-refractivity contribution is 0.174. The van der Waals surface area contributed by atoms with E-state index in [0.717, 1.165) is 49.0 Å². The van der Waals surface area contributed by atoms with Crippen LogP contribution < -0.4 is 16.0 Å². The first-order chi connectivity index (χ1) is 15.0. The number of aliphatic imine (C=N–C) groups is 1. The summed E-state index contributed by atoms with van der Waals surface area (Å²) in [5.74, 6) is 2.25. The molecule has 0 amide bonds. The number of fused-ring (bicyclic) bond motifs is 2. The average Bonchev–Trinajstić information content (AvgIpc) is 2.90. The number of nitrogens with one attached hydrogen (secondary N) is 2. The molecule has 0 spiro atoms. The number of benzene rings is 2. The van der Waals surface area contributed by atoms with E-state index in [-0.39, 0.29) is 0 Å². The lowest BCUT2D eigenvalue weighted by atomic mass is 10.1. The van der Waals surface area contributed by atoms with Gasteiger partial charge in [-0.15, -0.1) is 0 Å². The van der Waals surface area contributed by atoms with Crippen LogP contribution in [0.3, 0.4) is 0 Å². The summed E-state index contributed by atoms with van der Waals surface area (Å²) in [5, 5.41) is 0.623. The maximum Gasteiger partial charge on any atom is 0.325 e. The summed E-state index contributed by atoms with van der Waals surface area (Å²) in [5.41, 5.74) is 1.36. The summed E-state index contributed by atoms with van der Waals surface area (Å²) < 4.78 is 6.12. The Balaban J connectivity index is 1.40. The molecular formula is C22H20ClN5O3. The number of amidine groups is 1. The molecular weight excluding hydrogens is 418 g/mol. The Morgan fingerprint density at radius 1 is 0.968 bits per heavy atom. The van der Waals surface area contributed by atoms with Crippen LogP contribution in [0, 0.1) is 0 Å². The van der Waals surface area contributed by atoms with Gasteiger partial charge in [0.05, 0.1) is 5.56 Å². The number of hydrogen-bond donors (Lipinski definition) is 2. The van der Waals surface area contributed by atoms with Gasteiger partial charge < -0.3 is 14.6 Å². The monoisotopic (exact) mass is 437 g/mol. The molecule has 158 valence electrons. The van der Waals surface area contributed by atoms with E-state index in [0.29, 0.717) is 23.0 Å². The Morgan fingerprint density at radius 3 is 2.58 bits per heavy atom. The number of piperazine rings is 1. The molecule has 0 saturated carbocycles. The first-order valence-corrected chi connectivity index (χ1v) is 10.4. The Bertz CT molecular complexity index is 1250. The van der Waals surface area contributed by atoms with Crippen LogP contribution in [0.2, 0.25) is 5.02 Å². The van der Waals surface area contributed by atoms with Gasteiger partial charge in [-0.3, -0.25) is 14.7 Å². The van der Waals surface area contributed by atoms with Gasteiger partial charge in [0, 0.05) is 49.5 Å². The molecule has 2 aromatic carbocycles. The molecule has 2 aliphatic heterocycles. The molecule has 0 atom stereocenters. The minimum Gasteiger partial charge on any atom is -0.454 e. The van der Waals surface area contributed by atoms with Crippen molar-refractivity contribution < 1.29 is 4.74 Å². The predicted octanol–water partition coefficient (Wildman–Crippen LogP) is 2.72. The number of ether oxygens (including phenoxy) is 1. The molecule has 5 rings (SSSR count). The van der Waals surface area contributed by atoms with E-state index in [1.165, 1.54) is 6.07 Å². The second kappa shape index (κ2) is 8.05. The van der Waals surface area contributed by atoms with E-state index in [1.54, 1.807) is 0 Å². The van der Waals surface area contributed by atoms with E-state index in [9.17, 15) is 9.59 Å². The van der Waals surface area contributed by atoms with Gasteiger partial charge in [0.25, 0.3) is 5.56 Å². The number of aromatic nitrogens is 2. The second-order valence-corrected chi connectivity index (χ2v) is 7.96. The third-order valence-corrected chi connectivity index (χ3v) is 5.61. The molecule has 2 aliphatic rings. The van der Waals surface area contributed by atoms with Crippen LogP contribution in [0.4, 0.5) is 5.69 Å². The maximum atomic E-state index is 11.5. The van der Waals surface area contributed by atoms with Crippen LogP contribution in [-0.4, -0.2) is 51.8 Å². The summed E-state index contributed by atoms with van der Waals surface area (Å²) in [4.78, 5) is 37.3. The first kappa shape index (κ1) is 19.6. The Hall–Kier alpha value is -3.36. The minimum atomic E-state index is -0.485. The highest BCUT2D eigenvalue weighted by atomic mass is 35.5. The normalized spacial score (nSPS) is 16.0. The maximum absolute atomic E-state index is 11.5. The highest BCUT2D eigenvalue weighted by Gasteiger charge is 2.26. The van der Waals surface area contributed by atoms with E-state index in [4.69, 9.17) is 21.3 Å². The van der Waals surface area contributed by atoms with E-state index < -0.39 is 11.2 Å². The van der Waals surface area contributed by atoms with Gasteiger partial charge in [0.15, 0.2) is 5.75 Å². The minimum absolute atomic E-state index is 0.391. The van der Waals surface area contributed by atoms with Gasteiger partial charge in [-0.05, 0) is 30.3 Å². The van der Waals surface area contributed by atoms with Crippen LogP contribution in [0.15, 0.2) is 63.1 Å². The largest absolute Gasteiger partial charge is 0.454 e. The molecule has 1 fully saturated rings. The number of para-hydroxylation sites is 2. The molecule has 31 heavy (non-hydrogen) atoms. The average molecular weight is 438 g/mol. The molecule has 3 aromatic rings. The van der Waals surface area contributed by atoms with Gasteiger partial charge in [0.1, 0.15) is 17.3 Å². The zero-order chi connectivity index (χ0) is 21.4. The molecule has 8 nitrogen and oxygen atoms in total. The fraction of sp³-hybridized carbons (Fsp3) is 0.227.